The van der Waals surface area contributed by atoms with Crippen molar-refractivity contribution in [1.82, 2.24) is 4.90 Å². The average Bonchev–Trinajstić information content (AvgIpc) is 2.56. The van der Waals surface area contributed by atoms with Crippen molar-refractivity contribution in [1.29, 1.82) is 0 Å². The van der Waals surface area contributed by atoms with Gasteiger partial charge in [-0.25, -0.2) is 4.79 Å². The van der Waals surface area contributed by atoms with E-state index in [2.05, 4.69) is 31.9 Å². The first kappa shape index (κ1) is 14.7. The molecule has 1 N–H and O–H groups in total. The number of likely N-dealkylation sites (N-methyl/N-ethyl adjacent to an activating group) is 1. The van der Waals surface area contributed by atoms with Crippen molar-refractivity contribution in [3.05, 3.63) is 19.2 Å². The average molecular weight is 385 g/mol. The lowest BCUT2D eigenvalue weighted by Crippen LogP contribution is -2.50. The van der Waals surface area contributed by atoms with Gasteiger partial charge < -0.3 is 10.0 Å². The van der Waals surface area contributed by atoms with E-state index < -0.39 is 11.5 Å². The molecule has 4 nitrogen and oxygen atoms in total. The highest BCUT2D eigenvalue weighted by molar-refractivity contribution is 9.13. The number of carboxylic acids is 1. The van der Waals surface area contributed by atoms with Crippen molar-refractivity contribution >= 4 is 55.1 Å². The van der Waals surface area contributed by atoms with Gasteiger partial charge in [-0.05, 0) is 51.8 Å². The molecule has 1 amide bonds. The fraction of sp³-hybridized carbons (Fsp3) is 0.400. The number of carboxylic acid groups (broad SMARTS) is 1. The molecular formula is C10H11Br2NO3S. The van der Waals surface area contributed by atoms with Crippen LogP contribution in [-0.2, 0) is 4.79 Å². The van der Waals surface area contributed by atoms with Crippen molar-refractivity contribution in [2.75, 3.05) is 7.05 Å². The number of nitrogens with zero attached hydrogens (tertiary/aromatic N) is 1. The summed E-state index contributed by atoms with van der Waals surface area (Å²) in [6.07, 6.45) is 0. The Morgan fingerprint density at radius 2 is 1.94 bits per heavy atom. The zero-order chi connectivity index (χ0) is 13.4. The van der Waals surface area contributed by atoms with Crippen LogP contribution < -0.4 is 0 Å². The third-order valence-corrected chi connectivity index (χ3v) is 5.77. The molecule has 1 aromatic rings. The molecule has 0 radical (unpaired) electrons. The predicted octanol–water partition coefficient (Wildman–Crippen LogP) is 3.21. The highest BCUT2D eigenvalue weighted by atomic mass is 79.9. The summed E-state index contributed by atoms with van der Waals surface area (Å²) in [5.41, 5.74) is -1.24. The quantitative estimate of drug-likeness (QED) is 0.870. The van der Waals surface area contributed by atoms with Crippen LogP contribution in [0.3, 0.4) is 0 Å². The molecule has 7 heteroatoms. The molecule has 1 aromatic heterocycles. The highest BCUT2D eigenvalue weighted by Gasteiger charge is 2.36. The third-order valence-electron chi connectivity index (χ3n) is 2.52. The number of thiophene rings is 1. The molecule has 0 fully saturated rings. The van der Waals surface area contributed by atoms with E-state index in [1.54, 1.807) is 6.07 Å². The monoisotopic (exact) mass is 383 g/mol. The van der Waals surface area contributed by atoms with Crippen molar-refractivity contribution in [2.24, 2.45) is 0 Å². The van der Waals surface area contributed by atoms with E-state index in [1.165, 1.54) is 37.1 Å². The van der Waals surface area contributed by atoms with Gasteiger partial charge in [0, 0.05) is 11.5 Å². The van der Waals surface area contributed by atoms with Gasteiger partial charge in [0.05, 0.1) is 8.66 Å². The van der Waals surface area contributed by atoms with Crippen LogP contribution in [0, 0.1) is 0 Å². The molecule has 1 heterocycles. The number of amides is 1. The van der Waals surface area contributed by atoms with Gasteiger partial charge in [0.25, 0.3) is 5.91 Å². The van der Waals surface area contributed by atoms with Crippen LogP contribution in [0.15, 0.2) is 14.3 Å². The van der Waals surface area contributed by atoms with Gasteiger partial charge >= 0.3 is 5.97 Å². The fourth-order valence-electron chi connectivity index (χ4n) is 1.01. The number of carbonyl (C=O) groups excluding carboxylic acids is 1. The molecule has 0 aliphatic rings. The lowest BCUT2D eigenvalue weighted by molar-refractivity contribution is -0.147. The molecule has 0 spiro atoms. The molecule has 0 aromatic carbocycles. The Labute approximate surface area is 120 Å². The van der Waals surface area contributed by atoms with E-state index in [0.717, 1.165) is 8.26 Å². The summed E-state index contributed by atoms with van der Waals surface area (Å²) in [7, 11) is 1.48. The molecular weight excluding hydrogens is 374 g/mol. The predicted molar refractivity (Wildman–Crippen MR) is 73.5 cm³/mol. The minimum atomic E-state index is -1.24. The summed E-state index contributed by atoms with van der Waals surface area (Å²) < 4.78 is 1.59. The second-order valence-electron chi connectivity index (χ2n) is 3.96. The van der Waals surface area contributed by atoms with Crippen LogP contribution in [-0.4, -0.2) is 34.5 Å². The Morgan fingerprint density at radius 3 is 2.29 bits per heavy atom. The first-order valence-corrected chi connectivity index (χ1v) is 7.04. The summed E-state index contributed by atoms with van der Waals surface area (Å²) in [6.45, 7) is 2.98. The van der Waals surface area contributed by atoms with Gasteiger partial charge in [0.1, 0.15) is 5.54 Å². The Balaban J connectivity index is 3.02. The standard InChI is InChI=1S/C10H11Br2NO3S/c1-10(2,9(15)16)13(3)8(14)6-4-5(11)7(12)17-6/h4H,1-3H3,(H,15,16). The van der Waals surface area contributed by atoms with Gasteiger partial charge in [-0.1, -0.05) is 0 Å². The smallest absolute Gasteiger partial charge is 0.329 e. The number of halogens is 2. The van der Waals surface area contributed by atoms with E-state index >= 15 is 0 Å². The molecule has 1 rings (SSSR count). The Morgan fingerprint density at radius 1 is 1.41 bits per heavy atom. The van der Waals surface area contributed by atoms with Crippen LogP contribution in [0.4, 0.5) is 0 Å². The van der Waals surface area contributed by atoms with E-state index in [9.17, 15) is 9.59 Å². The van der Waals surface area contributed by atoms with Gasteiger partial charge in [0.2, 0.25) is 0 Å². The SMILES string of the molecule is CN(C(=O)c1cc(Br)c(Br)s1)C(C)(C)C(=O)O. The molecule has 0 aliphatic heterocycles. The van der Waals surface area contributed by atoms with Gasteiger partial charge in [-0.2, -0.15) is 0 Å². The van der Waals surface area contributed by atoms with Crippen molar-refractivity contribution in [2.45, 2.75) is 19.4 Å². The minimum absolute atomic E-state index is 0.311. The number of rotatable bonds is 3. The molecule has 17 heavy (non-hydrogen) atoms. The zero-order valence-corrected chi connectivity index (χ0v) is 13.4. The molecule has 0 aliphatic carbocycles. The van der Waals surface area contributed by atoms with Gasteiger partial charge in [-0.15, -0.1) is 11.3 Å². The maximum absolute atomic E-state index is 12.1. The van der Waals surface area contributed by atoms with Crippen molar-refractivity contribution in [3.8, 4) is 0 Å². The number of hydrogen-bond acceptors (Lipinski definition) is 3. The van der Waals surface area contributed by atoms with Gasteiger partial charge in [0.15, 0.2) is 0 Å². The van der Waals surface area contributed by atoms with E-state index in [4.69, 9.17) is 5.11 Å². The molecule has 0 unspecified atom stereocenters. The third kappa shape index (κ3) is 2.89. The second-order valence-corrected chi connectivity index (χ2v) is 7.19. The van der Waals surface area contributed by atoms with Crippen molar-refractivity contribution in [3.63, 3.8) is 0 Å². The Hall–Kier alpha value is -0.400. The molecule has 0 atom stereocenters. The fourth-order valence-corrected chi connectivity index (χ4v) is 3.03. The number of carbonyl (C=O) groups is 2. The van der Waals surface area contributed by atoms with Gasteiger partial charge in [-0.3, -0.25) is 4.79 Å². The van der Waals surface area contributed by atoms with Crippen LogP contribution >= 0.6 is 43.2 Å². The first-order valence-electron chi connectivity index (χ1n) is 4.64. The second kappa shape index (κ2) is 5.07. The van der Waals surface area contributed by atoms with E-state index in [1.807, 2.05) is 0 Å². The lowest BCUT2D eigenvalue weighted by atomic mass is 10.0. The van der Waals surface area contributed by atoms with Crippen LogP contribution in [0.1, 0.15) is 23.5 Å². The number of aliphatic carboxylic acids is 1. The van der Waals surface area contributed by atoms with E-state index in [0.29, 0.717) is 4.88 Å². The van der Waals surface area contributed by atoms with Crippen LogP contribution in [0.5, 0.6) is 0 Å². The summed E-state index contributed by atoms with van der Waals surface area (Å²) in [5, 5.41) is 9.06. The molecule has 94 valence electrons. The summed E-state index contributed by atoms with van der Waals surface area (Å²) >= 11 is 7.85. The maximum Gasteiger partial charge on any atom is 0.329 e. The summed E-state index contributed by atoms with van der Waals surface area (Å²) in [5.74, 6) is -1.35. The van der Waals surface area contributed by atoms with Crippen LogP contribution in [0.2, 0.25) is 0 Å². The normalized spacial score (nSPS) is 11.4. The van der Waals surface area contributed by atoms with E-state index in [-0.39, 0.29) is 5.91 Å². The lowest BCUT2D eigenvalue weighted by Gasteiger charge is -2.31. The topological polar surface area (TPSA) is 57.6 Å². The summed E-state index contributed by atoms with van der Waals surface area (Å²) in [6, 6.07) is 1.67. The molecule has 0 saturated heterocycles. The minimum Gasteiger partial charge on any atom is -0.480 e. The maximum atomic E-state index is 12.1. The first-order chi connectivity index (χ1) is 7.67. The Kier molecular flexibility index (Phi) is 4.38. The van der Waals surface area contributed by atoms with Crippen molar-refractivity contribution < 1.29 is 14.7 Å². The highest BCUT2D eigenvalue weighted by Crippen LogP contribution is 2.33. The Bertz CT molecular complexity index is 451. The molecule has 0 saturated carbocycles. The largest absolute Gasteiger partial charge is 0.480 e. The van der Waals surface area contributed by atoms with Crippen LogP contribution in [0.25, 0.3) is 0 Å². The number of hydrogen-bond donors (Lipinski definition) is 1. The summed E-state index contributed by atoms with van der Waals surface area (Å²) in [4.78, 5) is 24.9. The molecule has 0 bridgehead atoms. The zero-order valence-electron chi connectivity index (χ0n) is 9.45.